The Bertz CT molecular complexity index is 895. The number of carbonyl (C=O) groups excluding carboxylic acids is 4. The zero-order valence-corrected chi connectivity index (χ0v) is 23.9. The van der Waals surface area contributed by atoms with E-state index in [0.29, 0.717) is 25.7 Å². The third-order valence-electron chi connectivity index (χ3n) is 5.12. The Hall–Kier alpha value is -2.64. The maximum absolute atomic E-state index is 12.4. The monoisotopic (exact) mass is 628 g/mol. The topological polar surface area (TPSA) is 111 Å². The van der Waals surface area contributed by atoms with E-state index in [2.05, 4.69) is 10.6 Å². The van der Waals surface area contributed by atoms with E-state index >= 15 is 0 Å². The van der Waals surface area contributed by atoms with Gasteiger partial charge in [0.05, 0.1) is 0 Å². The van der Waals surface area contributed by atoms with Gasteiger partial charge in [-0.05, 0) is 0 Å². The number of carbonyl (C=O) groups is 4. The summed E-state index contributed by atoms with van der Waals surface area (Å²) in [6.07, 6.45) is 1.41. The summed E-state index contributed by atoms with van der Waals surface area (Å²) in [6.45, 7) is 0. The number of ether oxygens (including phenoxy) is 2. The molecule has 10 heteroatoms. The second-order valence-electron chi connectivity index (χ2n) is 7.81. The van der Waals surface area contributed by atoms with Gasteiger partial charge in [-0.2, -0.15) is 0 Å². The van der Waals surface area contributed by atoms with E-state index in [-0.39, 0.29) is 38.1 Å². The molecule has 2 N–H and O–H groups in total. The van der Waals surface area contributed by atoms with Crippen LogP contribution in [0.15, 0.2) is 60.7 Å². The first-order valence-corrected chi connectivity index (χ1v) is 18.2. The number of nitrogens with one attached hydrogen (secondary N) is 2. The fourth-order valence-electron chi connectivity index (χ4n) is 3.29. The molecule has 0 aliphatic rings. The van der Waals surface area contributed by atoms with Gasteiger partial charge in [-0.3, -0.25) is 0 Å². The van der Waals surface area contributed by atoms with Crippen molar-refractivity contribution in [3.05, 3.63) is 71.8 Å². The molecule has 0 saturated carbocycles. The van der Waals surface area contributed by atoms with Crippen LogP contribution in [-0.2, 0) is 41.5 Å². The maximum atomic E-state index is 12.4. The van der Waals surface area contributed by atoms with Gasteiger partial charge in [0, 0.05) is 0 Å². The average Bonchev–Trinajstić information content (AvgIpc) is 2.90. The Morgan fingerprint density at radius 1 is 0.667 bits per heavy atom. The van der Waals surface area contributed by atoms with Crippen molar-refractivity contribution in [2.24, 2.45) is 0 Å². The molecule has 2 aromatic rings. The molecule has 2 atom stereocenters. The zero-order valence-electron chi connectivity index (χ0n) is 20.4. The molecule has 8 nitrogen and oxygen atoms in total. The number of benzene rings is 2. The van der Waals surface area contributed by atoms with Gasteiger partial charge >= 0.3 is 224 Å². The first-order valence-electron chi connectivity index (χ1n) is 11.5. The van der Waals surface area contributed by atoms with Crippen LogP contribution >= 0.6 is 0 Å². The van der Waals surface area contributed by atoms with E-state index in [4.69, 9.17) is 9.47 Å². The van der Waals surface area contributed by atoms with Crippen LogP contribution < -0.4 is 10.6 Å². The fraction of sp³-hybridized carbons (Fsp3) is 0.385. The van der Waals surface area contributed by atoms with Crippen molar-refractivity contribution in [3.63, 3.8) is 0 Å². The van der Waals surface area contributed by atoms with Crippen molar-refractivity contribution in [1.82, 2.24) is 10.6 Å². The Balaban J connectivity index is 1.67. The Morgan fingerprint density at radius 2 is 1.03 bits per heavy atom. The third-order valence-corrected chi connectivity index (χ3v) is 12.5. The molecule has 2 aromatic carbocycles. The molecule has 0 heterocycles. The van der Waals surface area contributed by atoms with E-state index in [1.54, 1.807) is 0 Å². The van der Waals surface area contributed by atoms with Crippen LogP contribution in [-0.4, -0.2) is 76.3 Å². The Kier molecular flexibility index (Phi) is 13.9. The van der Waals surface area contributed by atoms with Crippen LogP contribution in [0.25, 0.3) is 0 Å². The summed E-state index contributed by atoms with van der Waals surface area (Å²) in [5.41, 5.74) is 1.88. The SMILES string of the molecule is COC(=O)[C@H](Cc1ccccc1)NC(=O)CC[Se][Se]CCC(=O)N[C@@H](Cc1ccccc1)C(=O)OC. The molecule has 2 rings (SSSR count). The number of rotatable bonds is 15. The number of methoxy groups -OCH3 is 2. The fourth-order valence-corrected chi connectivity index (χ4v) is 9.30. The molecule has 2 amide bonds. The number of hydrogen-bond acceptors (Lipinski definition) is 6. The summed E-state index contributed by atoms with van der Waals surface area (Å²) in [4.78, 5) is 48.9. The van der Waals surface area contributed by atoms with Crippen molar-refractivity contribution in [1.29, 1.82) is 0 Å². The predicted octanol–water partition coefficient (Wildman–Crippen LogP) is 1.73. The van der Waals surface area contributed by atoms with E-state index in [9.17, 15) is 19.2 Å². The Labute approximate surface area is 223 Å². The minimum absolute atomic E-state index is 0.182. The van der Waals surface area contributed by atoms with Crippen molar-refractivity contribution in [3.8, 4) is 0 Å². The molecule has 194 valence electrons. The molecule has 0 radical (unpaired) electrons. The summed E-state index contributed by atoms with van der Waals surface area (Å²) in [5.74, 6) is -1.30. The number of esters is 2. The van der Waals surface area contributed by atoms with E-state index < -0.39 is 24.0 Å². The van der Waals surface area contributed by atoms with Gasteiger partial charge in [-0.1, -0.05) is 0 Å². The van der Waals surface area contributed by atoms with Crippen molar-refractivity contribution >= 4 is 50.0 Å². The molecule has 0 aromatic heterocycles. The van der Waals surface area contributed by atoms with Crippen LogP contribution in [0, 0.1) is 0 Å². The summed E-state index contributed by atoms with van der Waals surface area (Å²) in [6, 6.07) is 17.5. The number of amides is 2. The van der Waals surface area contributed by atoms with E-state index in [1.807, 2.05) is 60.7 Å². The van der Waals surface area contributed by atoms with Crippen molar-refractivity contribution < 1.29 is 28.7 Å². The summed E-state index contributed by atoms with van der Waals surface area (Å²) in [5, 5.41) is 7.03. The molecule has 0 fully saturated rings. The molecule has 0 bridgehead atoms. The van der Waals surface area contributed by atoms with E-state index in [0.717, 1.165) is 21.8 Å². The Morgan fingerprint density at radius 3 is 1.36 bits per heavy atom. The van der Waals surface area contributed by atoms with E-state index in [1.165, 1.54) is 14.2 Å². The van der Waals surface area contributed by atoms with Crippen LogP contribution in [0.4, 0.5) is 0 Å². The molecule has 0 saturated heterocycles. The second-order valence-corrected chi connectivity index (χ2v) is 15.7. The van der Waals surface area contributed by atoms with Crippen LogP contribution in [0.2, 0.25) is 10.6 Å². The van der Waals surface area contributed by atoms with Crippen LogP contribution in [0.3, 0.4) is 0 Å². The van der Waals surface area contributed by atoms with Gasteiger partial charge in [0.1, 0.15) is 0 Å². The molecule has 36 heavy (non-hydrogen) atoms. The van der Waals surface area contributed by atoms with Gasteiger partial charge in [0.2, 0.25) is 0 Å². The van der Waals surface area contributed by atoms with Gasteiger partial charge in [-0.25, -0.2) is 0 Å². The van der Waals surface area contributed by atoms with Crippen LogP contribution in [0.1, 0.15) is 24.0 Å². The standard InChI is InChI=1S/C26H32N2O6Se2/c1-33-25(31)21(17-19-9-5-3-6-10-19)27-23(29)13-15-35-36-16-14-24(30)28-22(26(32)34-2)18-20-11-7-4-8-12-20/h3-12,21-22H,13-18H2,1-2H3,(H,27,29)(H,28,30)/t21-,22-/m0/s1. The zero-order chi connectivity index (χ0) is 26.2. The van der Waals surface area contributed by atoms with Gasteiger partial charge < -0.3 is 0 Å². The van der Waals surface area contributed by atoms with Crippen molar-refractivity contribution in [2.75, 3.05) is 14.2 Å². The van der Waals surface area contributed by atoms with Crippen LogP contribution in [0.5, 0.6) is 0 Å². The molecule has 0 unspecified atom stereocenters. The first kappa shape index (κ1) is 29.6. The van der Waals surface area contributed by atoms with Gasteiger partial charge in [0.15, 0.2) is 0 Å². The second kappa shape index (κ2) is 16.9. The first-order chi connectivity index (χ1) is 17.4. The molecular formula is C26H32N2O6Se2. The summed E-state index contributed by atoms with van der Waals surface area (Å²) >= 11 is 0.493. The number of hydrogen-bond donors (Lipinski definition) is 2. The molecule has 0 aliphatic heterocycles. The van der Waals surface area contributed by atoms with Gasteiger partial charge in [0.25, 0.3) is 0 Å². The normalized spacial score (nSPS) is 12.2. The van der Waals surface area contributed by atoms with Gasteiger partial charge in [-0.15, -0.1) is 0 Å². The third kappa shape index (κ3) is 11.4. The summed E-state index contributed by atoms with van der Waals surface area (Å²) < 4.78 is 9.67. The minimum atomic E-state index is -0.717. The average molecular weight is 626 g/mol. The summed E-state index contributed by atoms with van der Waals surface area (Å²) in [7, 11) is 2.62. The molecule has 0 spiro atoms. The molecular weight excluding hydrogens is 594 g/mol. The quantitative estimate of drug-likeness (QED) is 0.177. The molecule has 0 aliphatic carbocycles. The predicted molar refractivity (Wildman–Crippen MR) is 139 cm³/mol. The van der Waals surface area contributed by atoms with Crippen molar-refractivity contribution in [2.45, 2.75) is 48.4 Å².